The van der Waals surface area contributed by atoms with Crippen LogP contribution in [0.3, 0.4) is 0 Å². The van der Waals surface area contributed by atoms with E-state index in [-0.39, 0.29) is 138 Å². The minimum atomic E-state index is -1.24. The third-order valence-electron chi connectivity index (χ3n) is 19.6. The number of hydrogen-bond donors (Lipinski definition) is 4. The molecule has 6 aromatic carbocycles. The molecular weight excluding hydrogens is 1860 g/mol. The molecule has 0 aliphatic heterocycles. The molecule has 3 amide bonds. The van der Waals surface area contributed by atoms with Crippen molar-refractivity contribution in [3.63, 3.8) is 0 Å². The molecule has 46 nitrogen and oxygen atoms in total. The normalized spacial score (nSPS) is 11.1. The Morgan fingerprint density at radius 2 is 0.671 bits per heavy atom. The van der Waals surface area contributed by atoms with Gasteiger partial charge < -0.3 is 78.1 Å². The molecule has 3 atom stereocenters. The first-order chi connectivity index (χ1) is 66.8. The Morgan fingerprint density at radius 1 is 0.364 bits per heavy atom. The first-order valence-corrected chi connectivity index (χ1v) is 43.0. The number of aromatic nitrogens is 5. The predicted octanol–water partition coefficient (Wildman–Crippen LogP) is 13.3. The monoisotopic (exact) mass is 1960 g/mol. The second kappa shape index (κ2) is 59.3. The molecule has 140 heavy (non-hydrogen) atoms. The largest absolute Gasteiger partial charge is 0.469 e. The van der Waals surface area contributed by atoms with E-state index in [4.69, 9.17) is 47.4 Å². The number of benzene rings is 6. The smallest absolute Gasteiger partial charge is 0.332 e. The quantitative estimate of drug-likeness (QED) is 0.00687. The van der Waals surface area contributed by atoms with Crippen molar-refractivity contribution in [3.05, 3.63) is 239 Å². The molecule has 0 saturated carbocycles. The fourth-order valence-electron chi connectivity index (χ4n) is 13.0. The zero-order valence-electron chi connectivity index (χ0n) is 77.3. The summed E-state index contributed by atoms with van der Waals surface area (Å²) in [5.74, 6) is -3.81. The van der Waals surface area contributed by atoms with Gasteiger partial charge in [-0.2, -0.15) is 13.5 Å². The lowest BCUT2D eigenvalue weighted by atomic mass is 10.0. The van der Waals surface area contributed by atoms with Crippen molar-refractivity contribution in [2.24, 2.45) is 5.92 Å². The number of nitro groups is 5. The highest BCUT2D eigenvalue weighted by Gasteiger charge is 2.29. The molecule has 0 unspecified atom stereocenters. The van der Waals surface area contributed by atoms with Gasteiger partial charge in [0.1, 0.15) is 81.0 Å². The van der Waals surface area contributed by atoms with Gasteiger partial charge in [-0.15, -0.1) is 0 Å². The van der Waals surface area contributed by atoms with Crippen molar-refractivity contribution in [1.82, 2.24) is 46.2 Å². The number of nitrogens with zero attached hydrogens (tertiary/aromatic N) is 10. The summed E-state index contributed by atoms with van der Waals surface area (Å²) < 4.78 is 61.2. The minimum Gasteiger partial charge on any atom is -0.469 e. The van der Waals surface area contributed by atoms with Crippen LogP contribution in [0.1, 0.15) is 124 Å². The summed E-state index contributed by atoms with van der Waals surface area (Å²) in [5.41, 5.74) is 2.06. The fraction of sp³-hybridized carbons (Fsp3) is 0.344. The van der Waals surface area contributed by atoms with Crippen LogP contribution in [0.15, 0.2) is 183 Å². The number of carbonyl (C=O) groups excluding carboxylic acids is 10. The van der Waals surface area contributed by atoms with Crippen LogP contribution in [0.5, 0.6) is 28.7 Å². The van der Waals surface area contributed by atoms with Gasteiger partial charge >= 0.3 is 41.8 Å². The fourth-order valence-corrected chi connectivity index (χ4v) is 13.0. The average molecular weight is 1960 g/mol. The molecule has 0 aliphatic rings. The van der Waals surface area contributed by atoms with Crippen molar-refractivity contribution in [2.45, 2.75) is 143 Å². The Balaban J connectivity index is 0.000000268. The maximum atomic E-state index is 12.3. The SMILES string of the molecule is CC(=O)N[C@@H](CC(C)C)C(=O)NCC(=O)OCOc1ccc([N+](=O)[O-])c2cccnc12.CCCCCCCCC(=O)OCOc1ccc([N+](=O)[O-])c2cccnc12.CN[C@@H](Cc1ccccc1)C(=O)OCOc1ccc([N+](=O)[O-])c2cccnc12.COC(=O)CCCCC(=O)OCOc1ccc([N+](=O)[O-])c2cccnc12.COC(=O)C[C@H](NC(C)=O)C(=O)OCOc1ccc([N+](=O)[O-])c2cccnc12.S. The van der Waals surface area contributed by atoms with E-state index < -0.39 is 111 Å². The van der Waals surface area contributed by atoms with E-state index in [1.807, 2.05) is 44.2 Å². The molecule has 47 heteroatoms. The second-order valence-corrected chi connectivity index (χ2v) is 30.0. The predicted molar refractivity (Wildman–Crippen MR) is 506 cm³/mol. The molecule has 0 fully saturated rings. The first-order valence-electron chi connectivity index (χ1n) is 43.0. The lowest BCUT2D eigenvalue weighted by Crippen LogP contribution is -2.48. The molecule has 744 valence electrons. The number of fused-ring (bicyclic) bond motifs is 5. The van der Waals surface area contributed by atoms with Crippen LogP contribution in [0.4, 0.5) is 28.4 Å². The number of unbranched alkanes of at least 4 members (excludes halogenated alkanes) is 6. The summed E-state index contributed by atoms with van der Waals surface area (Å²) in [7, 11) is 4.14. The Kier molecular flexibility index (Phi) is 47.5. The standard InChI is InChI=1S/C20H24N4O7.C20H19N3O5.C19H24N2O5.C17H17N3O8.C17H18N2O7.H2S/c1-12(2)9-15(23-13(3)25)20(27)22-10-18(26)31-11-30-17-7-6-16(24(28)29)14-5-4-8-21-19(14)17;1-21-16(12-14-6-3-2-4-7-14)20(24)28-13-27-18-10-9-17(23(25)26)15-8-5-11-22-19(15)18;1-2-3-4-5-6-7-10-18(22)26-14-25-17-12-11-16(21(23)24)15-9-8-13-20-19(15)17;1-10(21)19-12(8-15(22)26-2)17(23)28-9-27-14-6-5-13(20(24)25)11-4-3-7-18-16(11)14;1-24-15(20)6-2-3-7-16(21)26-11-25-14-9-8-13(19(22)23)12-5-4-10-18-17(12)14;/h4-8,12,15H,9-11H2,1-3H3,(H,22,27)(H,23,25);2-11,16,21H,12-13H2,1H3;8-9,11-13H,2-7,10,14H2,1H3;3-7,12H,8-9H2,1-2H3,(H,19,21);4-5,8-10H,2-3,6-7,11H2,1H3;1H2/t15-;16-;;12-;;/m00.0../s1. The van der Waals surface area contributed by atoms with Crippen molar-refractivity contribution in [1.29, 1.82) is 0 Å². The van der Waals surface area contributed by atoms with E-state index in [0.29, 0.717) is 76.3 Å². The number of ether oxygens (including phenoxy) is 12. The van der Waals surface area contributed by atoms with Gasteiger partial charge in [-0.1, -0.05) is 83.2 Å². The molecule has 5 aromatic heterocycles. The molecule has 0 aliphatic carbocycles. The number of hydrogen-bond acceptors (Lipinski definition) is 38. The molecule has 0 bridgehead atoms. The molecule has 4 N–H and O–H groups in total. The topological polar surface area (TPSA) is 610 Å². The average Bonchev–Trinajstić information content (AvgIpc) is 0.813. The van der Waals surface area contributed by atoms with E-state index in [9.17, 15) is 98.5 Å². The summed E-state index contributed by atoms with van der Waals surface area (Å²) in [5, 5.41) is 67.3. The van der Waals surface area contributed by atoms with Crippen LogP contribution in [-0.4, -0.2) is 189 Å². The minimum absolute atomic E-state index is 0. The van der Waals surface area contributed by atoms with Gasteiger partial charge in [0.2, 0.25) is 51.7 Å². The highest BCUT2D eigenvalue weighted by atomic mass is 32.1. The van der Waals surface area contributed by atoms with Gasteiger partial charge in [0.15, 0.2) is 0 Å². The molecule has 11 aromatic rings. The Bertz CT molecular complexity index is 6120. The maximum Gasteiger partial charge on any atom is 0.332 e. The second-order valence-electron chi connectivity index (χ2n) is 30.0. The first kappa shape index (κ1) is 112. The van der Waals surface area contributed by atoms with Crippen LogP contribution in [-0.2, 0) is 87.5 Å². The van der Waals surface area contributed by atoms with Gasteiger partial charge in [0, 0.05) is 94.4 Å². The van der Waals surface area contributed by atoms with Crippen LogP contribution in [0.25, 0.3) is 54.5 Å². The van der Waals surface area contributed by atoms with E-state index in [0.717, 1.165) is 31.9 Å². The van der Waals surface area contributed by atoms with Gasteiger partial charge in [0.05, 0.1) is 72.2 Å². The molecule has 0 saturated heterocycles. The van der Waals surface area contributed by atoms with Gasteiger partial charge in [-0.25, -0.2) is 4.79 Å². The third kappa shape index (κ3) is 36.5. The molecule has 0 radical (unpaired) electrons. The Morgan fingerprint density at radius 3 is 0.993 bits per heavy atom. The zero-order chi connectivity index (χ0) is 101. The van der Waals surface area contributed by atoms with Crippen molar-refractivity contribution < 1.29 is 129 Å². The zero-order valence-corrected chi connectivity index (χ0v) is 78.3. The van der Waals surface area contributed by atoms with E-state index >= 15 is 0 Å². The van der Waals surface area contributed by atoms with Gasteiger partial charge in [-0.05, 0) is 142 Å². The number of nitrogens with one attached hydrogen (secondary N) is 4. The summed E-state index contributed by atoms with van der Waals surface area (Å²) in [6, 6.07) is 36.4. The third-order valence-corrected chi connectivity index (χ3v) is 19.6. The summed E-state index contributed by atoms with van der Waals surface area (Å²) in [6.07, 6.45) is 16.3. The van der Waals surface area contributed by atoms with Crippen LogP contribution < -0.4 is 45.0 Å². The number of likely N-dealkylation sites (N-methyl/N-ethyl adjacent to an activating group) is 1. The van der Waals surface area contributed by atoms with Gasteiger partial charge in [0.25, 0.3) is 28.4 Å². The Labute approximate surface area is 805 Å². The molecule has 5 heterocycles. The van der Waals surface area contributed by atoms with Crippen LogP contribution in [0.2, 0.25) is 0 Å². The number of non-ortho nitro benzene ring substituents is 5. The van der Waals surface area contributed by atoms with Crippen LogP contribution in [0, 0.1) is 56.5 Å². The number of methoxy groups -OCH3 is 2. The van der Waals surface area contributed by atoms with Crippen molar-refractivity contribution in [2.75, 3.05) is 61.8 Å². The molecular formula is C93H104N14O32S. The Hall–Kier alpha value is -16.6. The van der Waals surface area contributed by atoms with E-state index in [1.165, 1.54) is 144 Å². The van der Waals surface area contributed by atoms with E-state index in [2.05, 4.69) is 62.6 Å². The molecule has 0 spiro atoms. The highest BCUT2D eigenvalue weighted by Crippen LogP contribution is 2.37. The maximum absolute atomic E-state index is 12.3. The van der Waals surface area contributed by atoms with Crippen molar-refractivity contribution in [3.8, 4) is 28.7 Å². The number of esters is 7. The highest BCUT2D eigenvalue weighted by molar-refractivity contribution is 7.59. The van der Waals surface area contributed by atoms with E-state index in [1.54, 1.807) is 55.6 Å². The van der Waals surface area contributed by atoms with Crippen LogP contribution >= 0.6 is 13.5 Å². The van der Waals surface area contributed by atoms with Crippen molar-refractivity contribution >= 4 is 156 Å². The summed E-state index contributed by atoms with van der Waals surface area (Å²) in [4.78, 5) is 190. The molecule has 11 rings (SSSR count). The number of amides is 3. The summed E-state index contributed by atoms with van der Waals surface area (Å²) >= 11 is 0. The number of pyridine rings is 5. The lowest BCUT2D eigenvalue weighted by Gasteiger charge is -2.19. The number of nitro benzene ring substituents is 5. The van der Waals surface area contributed by atoms with Gasteiger partial charge in [-0.3, -0.25) is 119 Å². The lowest BCUT2D eigenvalue weighted by molar-refractivity contribution is -0.383. The number of rotatable bonds is 46. The number of carbonyl (C=O) groups is 10. The summed E-state index contributed by atoms with van der Waals surface area (Å²) in [6.45, 7) is 6.14.